The lowest BCUT2D eigenvalue weighted by molar-refractivity contribution is 0.122. The summed E-state index contributed by atoms with van der Waals surface area (Å²) in [7, 11) is -7.19. The van der Waals surface area contributed by atoms with Crippen molar-refractivity contribution in [3.8, 4) is 11.4 Å². The molecule has 0 N–H and O–H groups in total. The van der Waals surface area contributed by atoms with Crippen LogP contribution in [0.3, 0.4) is 0 Å². The van der Waals surface area contributed by atoms with Crippen molar-refractivity contribution >= 4 is 36.6 Å². The Labute approximate surface area is 209 Å². The Morgan fingerprint density at radius 2 is 1.67 bits per heavy atom. The number of aromatic nitrogens is 4. The van der Waals surface area contributed by atoms with Crippen LogP contribution in [-0.4, -0.2) is 68.5 Å². The summed E-state index contributed by atoms with van der Waals surface area (Å²) < 4.78 is 56.7. The zero-order valence-electron chi connectivity index (χ0n) is 19.8. The van der Waals surface area contributed by atoms with Crippen molar-refractivity contribution in [2.45, 2.75) is 17.6 Å². The standard InChI is InChI=1S/C24H25N5O5S2/c1-17-3-6-21(7-4-17)36(32,33)29-22-8-5-18(13-19(22)15-25-29)24-26-20(16-35(2,30)31)14-23(27-24)28-9-11-34-12-10-28/h3-8,13-15H,9-12,16H2,1-2H3. The molecule has 0 amide bonds. The monoisotopic (exact) mass is 527 g/mol. The molecule has 1 saturated heterocycles. The number of nitrogens with zero attached hydrogens (tertiary/aromatic N) is 5. The van der Waals surface area contributed by atoms with E-state index in [1.165, 1.54) is 6.20 Å². The van der Waals surface area contributed by atoms with Crippen LogP contribution >= 0.6 is 0 Å². The first-order chi connectivity index (χ1) is 17.1. The molecule has 188 valence electrons. The maximum absolute atomic E-state index is 13.2. The number of hydrogen-bond acceptors (Lipinski definition) is 9. The lowest BCUT2D eigenvalue weighted by atomic mass is 10.1. The maximum atomic E-state index is 13.2. The Bertz CT molecular complexity index is 1640. The Kier molecular flexibility index (Phi) is 6.27. The molecule has 1 aliphatic heterocycles. The van der Waals surface area contributed by atoms with Gasteiger partial charge in [0.1, 0.15) is 5.82 Å². The first-order valence-electron chi connectivity index (χ1n) is 11.3. The summed E-state index contributed by atoms with van der Waals surface area (Å²) in [6.07, 6.45) is 2.64. The van der Waals surface area contributed by atoms with Gasteiger partial charge in [0.2, 0.25) is 0 Å². The quantitative estimate of drug-likeness (QED) is 0.372. The van der Waals surface area contributed by atoms with Crippen molar-refractivity contribution in [1.29, 1.82) is 0 Å². The fourth-order valence-corrected chi connectivity index (χ4v) is 6.02. The van der Waals surface area contributed by atoms with Gasteiger partial charge in [-0.05, 0) is 37.3 Å². The third-order valence-corrected chi connectivity index (χ3v) is 8.29. The summed E-state index contributed by atoms with van der Waals surface area (Å²) in [6, 6.07) is 13.4. The van der Waals surface area contributed by atoms with E-state index in [9.17, 15) is 16.8 Å². The average Bonchev–Trinajstić information content (AvgIpc) is 3.28. The van der Waals surface area contributed by atoms with Gasteiger partial charge in [-0.3, -0.25) is 0 Å². The lowest BCUT2D eigenvalue weighted by Crippen LogP contribution is -2.37. The van der Waals surface area contributed by atoms with Gasteiger partial charge in [-0.15, -0.1) is 0 Å². The van der Waals surface area contributed by atoms with Crippen molar-refractivity contribution in [3.63, 3.8) is 0 Å². The number of morpholine rings is 1. The molecule has 0 aliphatic carbocycles. The summed E-state index contributed by atoms with van der Waals surface area (Å²) in [5.74, 6) is 0.767. The van der Waals surface area contributed by atoms with Gasteiger partial charge in [0.15, 0.2) is 15.7 Å². The highest BCUT2D eigenvalue weighted by molar-refractivity contribution is 7.90. The van der Waals surface area contributed by atoms with E-state index in [0.29, 0.717) is 60.1 Å². The second-order valence-electron chi connectivity index (χ2n) is 8.79. The molecule has 1 aliphatic rings. The van der Waals surface area contributed by atoms with Crippen LogP contribution in [0, 0.1) is 6.92 Å². The topological polar surface area (TPSA) is 124 Å². The van der Waals surface area contributed by atoms with E-state index in [0.717, 1.165) is 15.9 Å². The SMILES string of the molecule is Cc1ccc(S(=O)(=O)n2ncc3cc(-c4nc(CS(C)(=O)=O)cc(N5CCOCC5)n4)ccc32)cc1. The van der Waals surface area contributed by atoms with Crippen LogP contribution in [0.15, 0.2) is 59.6 Å². The summed E-state index contributed by atoms with van der Waals surface area (Å²) in [4.78, 5) is 11.4. The minimum atomic E-state index is -3.88. The van der Waals surface area contributed by atoms with Gasteiger partial charge in [-0.2, -0.15) is 17.6 Å². The maximum Gasteiger partial charge on any atom is 0.283 e. The second-order valence-corrected chi connectivity index (χ2v) is 12.7. The summed E-state index contributed by atoms with van der Waals surface area (Å²) in [5.41, 5.74) is 2.39. The van der Waals surface area contributed by atoms with Crippen molar-refractivity contribution in [3.05, 3.63) is 66.0 Å². The molecule has 36 heavy (non-hydrogen) atoms. The molecule has 2 aromatic heterocycles. The zero-order valence-corrected chi connectivity index (χ0v) is 21.5. The summed E-state index contributed by atoms with van der Waals surface area (Å²) >= 11 is 0. The molecular weight excluding hydrogens is 502 g/mol. The number of fused-ring (bicyclic) bond motifs is 1. The first-order valence-corrected chi connectivity index (χ1v) is 14.8. The van der Waals surface area contributed by atoms with Crippen LogP contribution in [0.5, 0.6) is 0 Å². The van der Waals surface area contributed by atoms with Crippen LogP contribution < -0.4 is 4.90 Å². The van der Waals surface area contributed by atoms with E-state index in [2.05, 4.69) is 10.1 Å². The van der Waals surface area contributed by atoms with Gasteiger partial charge in [0, 0.05) is 36.4 Å². The predicted molar refractivity (Wildman–Crippen MR) is 136 cm³/mol. The predicted octanol–water partition coefficient (Wildman–Crippen LogP) is 2.42. The highest BCUT2D eigenvalue weighted by Crippen LogP contribution is 2.27. The number of benzene rings is 2. The second kappa shape index (κ2) is 9.26. The van der Waals surface area contributed by atoms with E-state index in [1.54, 1.807) is 48.5 Å². The minimum absolute atomic E-state index is 0.147. The molecule has 0 bridgehead atoms. The van der Waals surface area contributed by atoms with E-state index >= 15 is 0 Å². The molecule has 0 saturated carbocycles. The van der Waals surface area contributed by atoms with E-state index in [4.69, 9.17) is 9.72 Å². The molecular formula is C24H25N5O5S2. The number of anilines is 1. The van der Waals surface area contributed by atoms with Crippen LogP contribution in [0.4, 0.5) is 5.82 Å². The van der Waals surface area contributed by atoms with Crippen molar-refractivity contribution in [1.82, 2.24) is 19.2 Å². The molecule has 12 heteroatoms. The Morgan fingerprint density at radius 1 is 0.944 bits per heavy atom. The Morgan fingerprint density at radius 3 is 2.36 bits per heavy atom. The van der Waals surface area contributed by atoms with Crippen LogP contribution in [-0.2, 0) is 30.4 Å². The van der Waals surface area contributed by atoms with Gasteiger partial charge in [0.25, 0.3) is 10.0 Å². The minimum Gasteiger partial charge on any atom is -0.378 e. The highest BCUT2D eigenvalue weighted by atomic mass is 32.2. The largest absolute Gasteiger partial charge is 0.378 e. The van der Waals surface area contributed by atoms with Crippen molar-refractivity contribution < 1.29 is 21.6 Å². The number of rotatable bonds is 6. The molecule has 5 rings (SSSR count). The van der Waals surface area contributed by atoms with Crippen LogP contribution in [0.25, 0.3) is 22.3 Å². The molecule has 0 atom stereocenters. The fourth-order valence-electron chi connectivity index (χ4n) is 4.06. The van der Waals surface area contributed by atoms with Crippen LogP contribution in [0.1, 0.15) is 11.3 Å². The fraction of sp³-hybridized carbons (Fsp3) is 0.292. The highest BCUT2D eigenvalue weighted by Gasteiger charge is 2.22. The summed E-state index contributed by atoms with van der Waals surface area (Å²) in [5, 5.41) is 4.74. The normalized spacial score (nSPS) is 14.9. The number of hydrogen-bond donors (Lipinski definition) is 0. The average molecular weight is 528 g/mol. The molecule has 0 unspecified atom stereocenters. The number of sulfone groups is 1. The van der Waals surface area contributed by atoms with Crippen molar-refractivity contribution in [2.24, 2.45) is 0 Å². The van der Waals surface area contributed by atoms with Crippen LogP contribution in [0.2, 0.25) is 0 Å². The summed E-state index contributed by atoms with van der Waals surface area (Å²) in [6.45, 7) is 4.27. The number of ether oxygens (including phenoxy) is 1. The third kappa shape index (κ3) is 4.97. The molecule has 1 fully saturated rings. The third-order valence-electron chi connectivity index (χ3n) is 5.85. The molecule has 10 nitrogen and oxygen atoms in total. The van der Waals surface area contributed by atoms with Gasteiger partial charge < -0.3 is 9.64 Å². The Hall–Kier alpha value is -3.35. The molecule has 3 heterocycles. The molecule has 2 aromatic carbocycles. The smallest absolute Gasteiger partial charge is 0.283 e. The Balaban J connectivity index is 1.56. The van der Waals surface area contributed by atoms with E-state index in [-0.39, 0.29) is 10.6 Å². The van der Waals surface area contributed by atoms with E-state index < -0.39 is 19.9 Å². The molecule has 4 aromatic rings. The zero-order chi connectivity index (χ0) is 25.5. The van der Waals surface area contributed by atoms with Gasteiger partial charge in [-0.25, -0.2) is 18.4 Å². The van der Waals surface area contributed by atoms with E-state index in [1.807, 2.05) is 11.8 Å². The lowest BCUT2D eigenvalue weighted by Gasteiger charge is -2.28. The molecule has 0 radical (unpaired) electrons. The van der Waals surface area contributed by atoms with Crippen molar-refractivity contribution in [2.75, 3.05) is 37.5 Å². The van der Waals surface area contributed by atoms with Gasteiger partial charge in [0.05, 0.1) is 41.3 Å². The number of aryl methyl sites for hydroxylation is 1. The molecule has 0 spiro atoms. The van der Waals surface area contributed by atoms with Gasteiger partial charge in [-0.1, -0.05) is 17.7 Å². The first kappa shape index (κ1) is 24.3. The van der Waals surface area contributed by atoms with Gasteiger partial charge >= 0.3 is 0 Å².